The molecule has 1 aliphatic heterocycles. The van der Waals surface area contributed by atoms with Gasteiger partial charge in [-0.3, -0.25) is 0 Å². The molecule has 1 N–H and O–H groups in total. The SMILES string of the molecule is O=NC1CCC2CNCC21. The van der Waals surface area contributed by atoms with Crippen LogP contribution in [0.1, 0.15) is 12.8 Å². The number of nitroso groups, excluding NO2 is 1. The maximum atomic E-state index is 10.3. The average molecular weight is 140 g/mol. The van der Waals surface area contributed by atoms with E-state index in [2.05, 4.69) is 10.5 Å². The number of rotatable bonds is 1. The third kappa shape index (κ3) is 0.770. The highest BCUT2D eigenvalue weighted by Gasteiger charge is 2.39. The Bertz CT molecular complexity index is 149. The second-order valence-corrected chi connectivity index (χ2v) is 3.33. The second-order valence-electron chi connectivity index (χ2n) is 3.33. The first-order valence-corrected chi connectivity index (χ1v) is 3.95. The van der Waals surface area contributed by atoms with Crippen LogP contribution in [0.15, 0.2) is 5.18 Å². The van der Waals surface area contributed by atoms with Gasteiger partial charge >= 0.3 is 0 Å². The number of fused-ring (bicyclic) bond motifs is 1. The first-order valence-electron chi connectivity index (χ1n) is 3.95. The molecule has 1 heterocycles. The molecule has 2 aliphatic rings. The van der Waals surface area contributed by atoms with Crippen molar-refractivity contribution in [2.24, 2.45) is 17.0 Å². The Hall–Kier alpha value is -0.440. The Balaban J connectivity index is 2.07. The topological polar surface area (TPSA) is 41.5 Å². The molecule has 2 fully saturated rings. The fourth-order valence-electron chi connectivity index (χ4n) is 2.25. The van der Waals surface area contributed by atoms with E-state index in [1.807, 2.05) is 0 Å². The zero-order chi connectivity index (χ0) is 6.97. The zero-order valence-corrected chi connectivity index (χ0v) is 5.92. The summed E-state index contributed by atoms with van der Waals surface area (Å²) in [5, 5.41) is 6.43. The van der Waals surface area contributed by atoms with Crippen molar-refractivity contribution in [1.82, 2.24) is 5.32 Å². The van der Waals surface area contributed by atoms with Crippen molar-refractivity contribution in [3.63, 3.8) is 0 Å². The standard InChI is InChI=1S/C7H12N2O/c10-9-7-2-1-5-3-8-4-6(5)7/h5-8H,1-4H2. The van der Waals surface area contributed by atoms with Gasteiger partial charge in [-0.2, -0.15) is 4.91 Å². The minimum atomic E-state index is 0.125. The summed E-state index contributed by atoms with van der Waals surface area (Å²) < 4.78 is 0. The van der Waals surface area contributed by atoms with Gasteiger partial charge in [0.1, 0.15) is 0 Å². The highest BCUT2D eigenvalue weighted by Crippen LogP contribution is 2.36. The molecule has 0 aromatic heterocycles. The molecule has 0 aromatic carbocycles. The summed E-state index contributed by atoms with van der Waals surface area (Å²) in [6.45, 7) is 2.12. The van der Waals surface area contributed by atoms with Crippen LogP contribution < -0.4 is 5.32 Å². The Morgan fingerprint density at radius 3 is 3.00 bits per heavy atom. The Morgan fingerprint density at radius 1 is 1.30 bits per heavy atom. The van der Waals surface area contributed by atoms with E-state index >= 15 is 0 Å². The molecule has 3 heteroatoms. The van der Waals surface area contributed by atoms with Gasteiger partial charge < -0.3 is 5.32 Å². The van der Waals surface area contributed by atoms with E-state index in [4.69, 9.17) is 0 Å². The lowest BCUT2D eigenvalue weighted by Crippen LogP contribution is -2.18. The van der Waals surface area contributed by atoms with Crippen LogP contribution in [-0.2, 0) is 0 Å². The summed E-state index contributed by atoms with van der Waals surface area (Å²) in [6, 6.07) is 0.125. The fourth-order valence-corrected chi connectivity index (χ4v) is 2.25. The van der Waals surface area contributed by atoms with Gasteiger partial charge in [0.25, 0.3) is 0 Å². The summed E-state index contributed by atoms with van der Waals surface area (Å²) in [5.41, 5.74) is 0. The van der Waals surface area contributed by atoms with E-state index in [-0.39, 0.29) is 6.04 Å². The number of nitrogens with one attached hydrogen (secondary N) is 1. The van der Waals surface area contributed by atoms with Crippen molar-refractivity contribution in [2.45, 2.75) is 18.9 Å². The number of hydrogen-bond acceptors (Lipinski definition) is 3. The van der Waals surface area contributed by atoms with Crippen LogP contribution in [0.25, 0.3) is 0 Å². The van der Waals surface area contributed by atoms with Gasteiger partial charge in [0, 0.05) is 12.5 Å². The molecule has 1 saturated heterocycles. The van der Waals surface area contributed by atoms with Crippen molar-refractivity contribution in [2.75, 3.05) is 13.1 Å². The third-order valence-electron chi connectivity index (χ3n) is 2.85. The van der Waals surface area contributed by atoms with Crippen LogP contribution in [0.2, 0.25) is 0 Å². The van der Waals surface area contributed by atoms with Crippen LogP contribution in [-0.4, -0.2) is 19.1 Å². The molecule has 3 unspecified atom stereocenters. The summed E-state index contributed by atoms with van der Waals surface area (Å²) in [5.74, 6) is 1.32. The molecular weight excluding hydrogens is 128 g/mol. The zero-order valence-electron chi connectivity index (χ0n) is 5.92. The van der Waals surface area contributed by atoms with E-state index in [1.165, 1.54) is 6.42 Å². The van der Waals surface area contributed by atoms with Crippen LogP contribution in [0.5, 0.6) is 0 Å². The molecule has 0 aromatic rings. The molecule has 1 aliphatic carbocycles. The molecule has 3 nitrogen and oxygen atoms in total. The molecule has 56 valence electrons. The van der Waals surface area contributed by atoms with Crippen molar-refractivity contribution in [3.8, 4) is 0 Å². The summed E-state index contributed by atoms with van der Waals surface area (Å²) in [4.78, 5) is 10.3. The fraction of sp³-hybridized carbons (Fsp3) is 1.00. The van der Waals surface area contributed by atoms with E-state index in [0.29, 0.717) is 5.92 Å². The Morgan fingerprint density at radius 2 is 2.20 bits per heavy atom. The smallest absolute Gasteiger partial charge is 0.0963 e. The molecule has 1 saturated carbocycles. The maximum Gasteiger partial charge on any atom is 0.0963 e. The lowest BCUT2D eigenvalue weighted by Gasteiger charge is -2.08. The number of nitrogens with zero attached hydrogens (tertiary/aromatic N) is 1. The molecule has 3 atom stereocenters. The van der Waals surface area contributed by atoms with Gasteiger partial charge in [0.15, 0.2) is 0 Å². The maximum absolute atomic E-state index is 10.3. The van der Waals surface area contributed by atoms with Gasteiger partial charge in [-0.05, 0) is 25.3 Å². The molecule has 0 amide bonds. The van der Waals surface area contributed by atoms with Crippen LogP contribution in [0.4, 0.5) is 0 Å². The minimum Gasteiger partial charge on any atom is -0.316 e. The van der Waals surface area contributed by atoms with Gasteiger partial charge in [-0.25, -0.2) is 0 Å². The monoisotopic (exact) mass is 140 g/mol. The minimum absolute atomic E-state index is 0.125. The van der Waals surface area contributed by atoms with Crippen molar-refractivity contribution in [1.29, 1.82) is 0 Å². The third-order valence-corrected chi connectivity index (χ3v) is 2.85. The van der Waals surface area contributed by atoms with Crippen molar-refractivity contribution in [3.05, 3.63) is 4.91 Å². The highest BCUT2D eigenvalue weighted by molar-refractivity contribution is 4.95. The van der Waals surface area contributed by atoms with Gasteiger partial charge in [-0.15, -0.1) is 0 Å². The van der Waals surface area contributed by atoms with Crippen LogP contribution >= 0.6 is 0 Å². The summed E-state index contributed by atoms with van der Waals surface area (Å²) in [6.07, 6.45) is 2.23. The summed E-state index contributed by atoms with van der Waals surface area (Å²) >= 11 is 0. The lowest BCUT2D eigenvalue weighted by atomic mass is 9.98. The van der Waals surface area contributed by atoms with Crippen molar-refractivity contribution >= 4 is 0 Å². The van der Waals surface area contributed by atoms with Gasteiger partial charge in [0.2, 0.25) is 0 Å². The molecule has 10 heavy (non-hydrogen) atoms. The van der Waals surface area contributed by atoms with E-state index < -0.39 is 0 Å². The Labute approximate surface area is 60.2 Å². The van der Waals surface area contributed by atoms with Crippen LogP contribution in [0.3, 0.4) is 0 Å². The van der Waals surface area contributed by atoms with Gasteiger partial charge in [0.05, 0.1) is 6.04 Å². The molecule has 0 radical (unpaired) electrons. The molecule has 2 rings (SSSR count). The molecule has 0 spiro atoms. The largest absolute Gasteiger partial charge is 0.316 e. The highest BCUT2D eigenvalue weighted by atomic mass is 16.3. The molecular formula is C7H12N2O. The Kier molecular flexibility index (Phi) is 1.45. The lowest BCUT2D eigenvalue weighted by molar-refractivity contribution is 0.453. The second kappa shape index (κ2) is 2.31. The normalized spacial score (nSPS) is 45.4. The van der Waals surface area contributed by atoms with Gasteiger partial charge in [-0.1, -0.05) is 5.18 Å². The predicted molar refractivity (Wildman–Crippen MR) is 38.7 cm³/mol. The predicted octanol–water partition coefficient (Wildman–Crippen LogP) is 0.751. The quantitative estimate of drug-likeness (QED) is 0.546. The van der Waals surface area contributed by atoms with Crippen LogP contribution in [0, 0.1) is 16.7 Å². The number of hydrogen-bond donors (Lipinski definition) is 1. The van der Waals surface area contributed by atoms with E-state index in [0.717, 1.165) is 25.4 Å². The van der Waals surface area contributed by atoms with E-state index in [9.17, 15) is 4.91 Å². The summed E-state index contributed by atoms with van der Waals surface area (Å²) in [7, 11) is 0. The average Bonchev–Trinajstić information content (AvgIpc) is 2.44. The first kappa shape index (κ1) is 6.28. The van der Waals surface area contributed by atoms with Crippen molar-refractivity contribution < 1.29 is 0 Å². The van der Waals surface area contributed by atoms with E-state index in [1.54, 1.807) is 0 Å². The molecule has 0 bridgehead atoms. The first-order chi connectivity index (χ1) is 4.92.